The van der Waals surface area contributed by atoms with Gasteiger partial charge in [0.05, 0.1) is 5.41 Å². The molecule has 1 saturated heterocycles. The van der Waals surface area contributed by atoms with Crippen LogP contribution in [0, 0.1) is 5.41 Å². The molecule has 1 heterocycles. The summed E-state index contributed by atoms with van der Waals surface area (Å²) in [4.78, 5) is 23.5. The van der Waals surface area contributed by atoms with E-state index in [0.717, 1.165) is 32.2 Å². The number of piperidine rings is 1. The molecular weight excluding hydrogens is 232 g/mol. The molecule has 3 N–H and O–H groups in total. The zero-order chi connectivity index (χ0) is 13.8. The molecule has 18 heavy (non-hydrogen) atoms. The Balaban J connectivity index is 2.80. The molecule has 5 nitrogen and oxygen atoms in total. The Kier molecular flexibility index (Phi) is 4.73. The fourth-order valence-electron chi connectivity index (χ4n) is 2.44. The van der Waals surface area contributed by atoms with Crippen LogP contribution in [0.15, 0.2) is 0 Å². The van der Waals surface area contributed by atoms with Gasteiger partial charge in [-0.3, -0.25) is 4.79 Å². The summed E-state index contributed by atoms with van der Waals surface area (Å²) in [7, 11) is 0. The highest BCUT2D eigenvalue weighted by atomic mass is 16.4. The number of carboxylic acid groups (broad SMARTS) is 1. The minimum atomic E-state index is -1.21. The van der Waals surface area contributed by atoms with Crippen molar-refractivity contribution in [2.75, 3.05) is 13.1 Å². The largest absolute Gasteiger partial charge is 0.480 e. The normalized spacial score (nSPS) is 24.6. The summed E-state index contributed by atoms with van der Waals surface area (Å²) in [6.07, 6.45) is 3.50. The number of carbonyl (C=O) groups is 2. The highest BCUT2D eigenvalue weighted by Gasteiger charge is 2.42. The number of rotatable bonds is 5. The second kappa shape index (κ2) is 5.69. The van der Waals surface area contributed by atoms with E-state index in [1.54, 1.807) is 0 Å². The minimum absolute atomic E-state index is 0.135. The van der Waals surface area contributed by atoms with Gasteiger partial charge in [0.2, 0.25) is 5.91 Å². The molecule has 1 fully saturated rings. The van der Waals surface area contributed by atoms with E-state index in [1.807, 2.05) is 6.92 Å². The third kappa shape index (κ3) is 3.22. The summed E-state index contributed by atoms with van der Waals surface area (Å²) < 4.78 is 0. The van der Waals surface area contributed by atoms with Crippen LogP contribution in [-0.4, -0.2) is 35.6 Å². The Morgan fingerprint density at radius 2 is 2.11 bits per heavy atom. The fourth-order valence-corrected chi connectivity index (χ4v) is 2.44. The van der Waals surface area contributed by atoms with Crippen LogP contribution in [0.1, 0.15) is 46.5 Å². The number of amides is 1. The monoisotopic (exact) mass is 256 g/mol. The van der Waals surface area contributed by atoms with E-state index < -0.39 is 16.9 Å². The van der Waals surface area contributed by atoms with Crippen LogP contribution in [-0.2, 0) is 9.59 Å². The Morgan fingerprint density at radius 1 is 1.44 bits per heavy atom. The lowest BCUT2D eigenvalue weighted by Gasteiger charge is -2.38. The average molecular weight is 256 g/mol. The van der Waals surface area contributed by atoms with Crippen LogP contribution in [0.5, 0.6) is 0 Å². The van der Waals surface area contributed by atoms with Crippen molar-refractivity contribution >= 4 is 11.9 Å². The molecule has 1 atom stereocenters. The lowest BCUT2D eigenvalue weighted by Crippen LogP contribution is -2.58. The second-order valence-electron chi connectivity index (χ2n) is 5.69. The van der Waals surface area contributed by atoms with E-state index in [9.17, 15) is 9.59 Å². The summed E-state index contributed by atoms with van der Waals surface area (Å²) >= 11 is 0. The molecule has 0 radical (unpaired) electrons. The first-order valence-corrected chi connectivity index (χ1v) is 6.61. The molecule has 1 amide bonds. The maximum absolute atomic E-state index is 12.4. The van der Waals surface area contributed by atoms with E-state index in [2.05, 4.69) is 10.6 Å². The van der Waals surface area contributed by atoms with Crippen LogP contribution < -0.4 is 10.6 Å². The summed E-state index contributed by atoms with van der Waals surface area (Å²) in [5.41, 5.74) is -1.66. The van der Waals surface area contributed by atoms with Crippen molar-refractivity contribution in [1.82, 2.24) is 10.6 Å². The number of hydrogen-bond acceptors (Lipinski definition) is 3. The van der Waals surface area contributed by atoms with Gasteiger partial charge in [-0.25, -0.2) is 4.79 Å². The van der Waals surface area contributed by atoms with Gasteiger partial charge in [-0.1, -0.05) is 13.3 Å². The summed E-state index contributed by atoms with van der Waals surface area (Å²) in [6, 6.07) is 0. The van der Waals surface area contributed by atoms with Gasteiger partial charge >= 0.3 is 5.97 Å². The topological polar surface area (TPSA) is 78.4 Å². The summed E-state index contributed by atoms with van der Waals surface area (Å²) in [6.45, 7) is 6.65. The van der Waals surface area contributed by atoms with Crippen LogP contribution in [0.3, 0.4) is 0 Å². The first-order valence-electron chi connectivity index (χ1n) is 6.61. The van der Waals surface area contributed by atoms with Crippen molar-refractivity contribution in [3.05, 3.63) is 0 Å². The summed E-state index contributed by atoms with van der Waals surface area (Å²) in [5, 5.41) is 15.0. The van der Waals surface area contributed by atoms with Gasteiger partial charge in [-0.15, -0.1) is 0 Å². The van der Waals surface area contributed by atoms with E-state index in [1.165, 1.54) is 13.8 Å². The van der Waals surface area contributed by atoms with Gasteiger partial charge in [0.25, 0.3) is 0 Å². The number of carbonyl (C=O) groups excluding carboxylic acids is 1. The Labute approximate surface area is 108 Å². The zero-order valence-corrected chi connectivity index (χ0v) is 11.5. The molecule has 1 aliphatic heterocycles. The first-order chi connectivity index (χ1) is 8.34. The van der Waals surface area contributed by atoms with Crippen molar-refractivity contribution in [2.24, 2.45) is 5.41 Å². The molecule has 1 rings (SSSR count). The van der Waals surface area contributed by atoms with E-state index >= 15 is 0 Å². The van der Waals surface area contributed by atoms with Gasteiger partial charge in [-0.05, 0) is 39.7 Å². The SMILES string of the molecule is CCCC1(C(=O)NC(C)(C)C(=O)O)CCCNC1. The van der Waals surface area contributed by atoms with Crippen LogP contribution in [0.2, 0.25) is 0 Å². The highest BCUT2D eigenvalue weighted by Crippen LogP contribution is 2.32. The molecule has 0 aromatic rings. The van der Waals surface area contributed by atoms with Crippen LogP contribution in [0.4, 0.5) is 0 Å². The number of aliphatic carboxylic acids is 1. The number of hydrogen-bond donors (Lipinski definition) is 3. The van der Waals surface area contributed by atoms with Gasteiger partial charge in [-0.2, -0.15) is 0 Å². The molecule has 5 heteroatoms. The van der Waals surface area contributed by atoms with Crippen LogP contribution in [0.25, 0.3) is 0 Å². The van der Waals surface area contributed by atoms with E-state index in [-0.39, 0.29) is 5.91 Å². The minimum Gasteiger partial charge on any atom is -0.480 e. The number of nitrogens with one attached hydrogen (secondary N) is 2. The first kappa shape index (κ1) is 15.0. The molecule has 104 valence electrons. The third-order valence-corrected chi connectivity index (χ3v) is 3.64. The Hall–Kier alpha value is -1.10. The third-order valence-electron chi connectivity index (χ3n) is 3.64. The molecule has 0 spiro atoms. The zero-order valence-electron chi connectivity index (χ0n) is 11.5. The number of carboxylic acids is 1. The standard InChI is InChI=1S/C13H24N2O3/c1-4-6-13(7-5-8-14-9-13)10(16)15-12(2,3)11(17)18/h14H,4-9H2,1-3H3,(H,15,16)(H,17,18). The smallest absolute Gasteiger partial charge is 0.328 e. The maximum atomic E-state index is 12.4. The molecule has 0 bridgehead atoms. The molecule has 0 aromatic carbocycles. The highest BCUT2D eigenvalue weighted by molar-refractivity contribution is 5.89. The maximum Gasteiger partial charge on any atom is 0.328 e. The van der Waals surface area contributed by atoms with Crippen molar-refractivity contribution in [3.8, 4) is 0 Å². The second-order valence-corrected chi connectivity index (χ2v) is 5.69. The molecule has 0 aliphatic carbocycles. The lowest BCUT2D eigenvalue weighted by atomic mass is 9.75. The van der Waals surface area contributed by atoms with E-state index in [4.69, 9.17) is 5.11 Å². The van der Waals surface area contributed by atoms with Crippen molar-refractivity contribution in [2.45, 2.75) is 52.0 Å². The van der Waals surface area contributed by atoms with Gasteiger partial charge in [0.1, 0.15) is 5.54 Å². The van der Waals surface area contributed by atoms with Gasteiger partial charge < -0.3 is 15.7 Å². The van der Waals surface area contributed by atoms with Crippen molar-refractivity contribution in [3.63, 3.8) is 0 Å². The van der Waals surface area contributed by atoms with Gasteiger partial charge in [0.15, 0.2) is 0 Å². The molecular formula is C13H24N2O3. The summed E-state index contributed by atoms with van der Waals surface area (Å²) in [5.74, 6) is -1.14. The fraction of sp³-hybridized carbons (Fsp3) is 0.846. The average Bonchev–Trinajstić information content (AvgIpc) is 2.29. The quantitative estimate of drug-likeness (QED) is 0.689. The molecule has 0 aromatic heterocycles. The Morgan fingerprint density at radius 3 is 2.56 bits per heavy atom. The molecule has 0 saturated carbocycles. The Bertz CT molecular complexity index is 315. The predicted molar refractivity (Wildman–Crippen MR) is 69.3 cm³/mol. The van der Waals surface area contributed by atoms with Crippen molar-refractivity contribution < 1.29 is 14.7 Å². The van der Waals surface area contributed by atoms with Crippen LogP contribution >= 0.6 is 0 Å². The molecule has 1 unspecified atom stereocenters. The van der Waals surface area contributed by atoms with Crippen molar-refractivity contribution in [1.29, 1.82) is 0 Å². The van der Waals surface area contributed by atoms with Gasteiger partial charge in [0, 0.05) is 6.54 Å². The lowest BCUT2D eigenvalue weighted by molar-refractivity contribution is -0.148. The predicted octanol–water partition coefficient (Wildman–Crippen LogP) is 1.14. The van der Waals surface area contributed by atoms with E-state index in [0.29, 0.717) is 6.54 Å². The molecule has 1 aliphatic rings.